The zero-order valence-corrected chi connectivity index (χ0v) is 6.40. The molecule has 0 aliphatic heterocycles. The predicted octanol–water partition coefficient (Wildman–Crippen LogP) is 1.25. The zero-order valence-electron chi connectivity index (χ0n) is 6.40. The smallest absolute Gasteiger partial charge is 0.330 e. The molecule has 6 heteroatoms. The maximum atomic E-state index is 12.1. The number of ether oxygens (including phenoxy) is 1. The second-order valence-corrected chi connectivity index (χ2v) is 2.26. The maximum absolute atomic E-state index is 12.1. The van der Waals surface area contributed by atoms with E-state index in [9.17, 15) is 17.6 Å². The molecule has 0 unspecified atom stereocenters. The Labute approximate surface area is 67.7 Å². The van der Waals surface area contributed by atoms with Crippen molar-refractivity contribution in [3.8, 4) is 0 Å². The van der Waals surface area contributed by atoms with Gasteiger partial charge >= 0.3 is 12.3 Å². The van der Waals surface area contributed by atoms with Crippen LogP contribution in [0.3, 0.4) is 0 Å². The minimum absolute atomic E-state index is 0.0151. The second-order valence-electron chi connectivity index (χ2n) is 2.26. The van der Waals surface area contributed by atoms with Crippen molar-refractivity contribution in [2.24, 2.45) is 5.73 Å². The molecule has 0 bridgehead atoms. The third kappa shape index (κ3) is 4.50. The Hall–Kier alpha value is -0.360. The average molecular weight is 189 g/mol. The van der Waals surface area contributed by atoms with Crippen molar-refractivity contribution in [1.82, 2.24) is 0 Å². The van der Waals surface area contributed by atoms with E-state index < -0.39 is 19.0 Å². The van der Waals surface area contributed by atoms with E-state index in [4.69, 9.17) is 5.73 Å². The summed E-state index contributed by atoms with van der Waals surface area (Å²) >= 11 is 0. The summed E-state index contributed by atoms with van der Waals surface area (Å²) in [6.07, 6.45) is -3.28. The molecule has 0 fully saturated rings. The SMILES string of the molecule is NCCCOCC(F)(F)C(F)F. The van der Waals surface area contributed by atoms with Crippen LogP contribution in [-0.4, -0.2) is 32.1 Å². The van der Waals surface area contributed by atoms with Gasteiger partial charge in [-0.25, -0.2) is 8.78 Å². The molecule has 0 aromatic rings. The number of nitrogens with two attached hydrogens (primary N) is 1. The normalized spacial score (nSPS) is 12.5. The van der Waals surface area contributed by atoms with E-state index in [0.29, 0.717) is 13.0 Å². The van der Waals surface area contributed by atoms with Gasteiger partial charge in [0.1, 0.15) is 6.61 Å². The van der Waals surface area contributed by atoms with Crippen LogP contribution in [0.1, 0.15) is 6.42 Å². The van der Waals surface area contributed by atoms with E-state index in [-0.39, 0.29) is 6.61 Å². The van der Waals surface area contributed by atoms with E-state index in [1.54, 1.807) is 0 Å². The summed E-state index contributed by atoms with van der Waals surface area (Å²) in [6.45, 7) is -0.969. The standard InChI is InChI=1S/C6H11F4NO/c7-5(8)6(9,10)4-12-3-1-2-11/h5H,1-4,11H2. The Morgan fingerprint density at radius 2 is 1.92 bits per heavy atom. The highest BCUT2D eigenvalue weighted by Gasteiger charge is 2.40. The molecule has 12 heavy (non-hydrogen) atoms. The molecule has 2 nitrogen and oxygen atoms in total. The summed E-state index contributed by atoms with van der Waals surface area (Å²) in [5.74, 6) is -4.05. The third-order valence-corrected chi connectivity index (χ3v) is 1.11. The molecule has 0 atom stereocenters. The first-order valence-corrected chi connectivity index (χ1v) is 3.44. The fraction of sp³-hybridized carbons (Fsp3) is 1.00. The lowest BCUT2D eigenvalue weighted by atomic mass is 10.4. The maximum Gasteiger partial charge on any atom is 0.330 e. The number of hydrogen-bond acceptors (Lipinski definition) is 2. The van der Waals surface area contributed by atoms with Crippen LogP contribution in [0.5, 0.6) is 0 Å². The topological polar surface area (TPSA) is 35.2 Å². The molecule has 0 radical (unpaired) electrons. The molecule has 0 saturated carbocycles. The first-order valence-electron chi connectivity index (χ1n) is 3.44. The number of alkyl halides is 4. The van der Waals surface area contributed by atoms with Crippen molar-refractivity contribution in [2.45, 2.75) is 18.8 Å². The molecular weight excluding hydrogens is 178 g/mol. The number of hydrogen-bond donors (Lipinski definition) is 1. The minimum atomic E-state index is -4.05. The van der Waals surface area contributed by atoms with Gasteiger partial charge in [-0.15, -0.1) is 0 Å². The van der Waals surface area contributed by atoms with Gasteiger partial charge in [0.25, 0.3) is 0 Å². The highest BCUT2D eigenvalue weighted by Crippen LogP contribution is 2.22. The third-order valence-electron chi connectivity index (χ3n) is 1.11. The van der Waals surface area contributed by atoms with Crippen LogP contribution in [0.4, 0.5) is 17.6 Å². The quantitative estimate of drug-likeness (QED) is 0.504. The van der Waals surface area contributed by atoms with Crippen molar-refractivity contribution in [2.75, 3.05) is 19.8 Å². The Morgan fingerprint density at radius 1 is 1.33 bits per heavy atom. The molecule has 74 valence electrons. The van der Waals surface area contributed by atoms with Crippen LogP contribution < -0.4 is 5.73 Å². The van der Waals surface area contributed by atoms with Crippen molar-refractivity contribution in [1.29, 1.82) is 0 Å². The summed E-state index contributed by atoms with van der Waals surface area (Å²) < 4.78 is 51.4. The lowest BCUT2D eigenvalue weighted by Crippen LogP contribution is -2.32. The Bertz CT molecular complexity index is 120. The predicted molar refractivity (Wildman–Crippen MR) is 35.4 cm³/mol. The highest BCUT2D eigenvalue weighted by atomic mass is 19.3. The van der Waals surface area contributed by atoms with Gasteiger partial charge in [-0.3, -0.25) is 0 Å². The molecule has 2 N–H and O–H groups in total. The fourth-order valence-corrected chi connectivity index (χ4v) is 0.457. The molecule has 0 saturated heterocycles. The molecular formula is C6H11F4NO. The molecule has 0 aromatic heterocycles. The number of rotatable bonds is 6. The molecule has 0 spiro atoms. The van der Waals surface area contributed by atoms with Gasteiger partial charge in [0.15, 0.2) is 0 Å². The van der Waals surface area contributed by atoms with Crippen LogP contribution in [0, 0.1) is 0 Å². The number of halogens is 4. The molecule has 0 aromatic carbocycles. The molecule has 0 amide bonds. The van der Waals surface area contributed by atoms with Gasteiger partial charge in [-0.05, 0) is 13.0 Å². The van der Waals surface area contributed by atoms with E-state index >= 15 is 0 Å². The zero-order chi connectivity index (χ0) is 9.61. The summed E-state index contributed by atoms with van der Waals surface area (Å²) in [6, 6.07) is 0. The highest BCUT2D eigenvalue weighted by molar-refractivity contribution is 4.67. The summed E-state index contributed by atoms with van der Waals surface area (Å²) in [5.41, 5.74) is 5.02. The lowest BCUT2D eigenvalue weighted by molar-refractivity contribution is -0.165. The average Bonchev–Trinajstić information content (AvgIpc) is 1.98. The van der Waals surface area contributed by atoms with Crippen LogP contribution in [0.25, 0.3) is 0 Å². The van der Waals surface area contributed by atoms with E-state index in [2.05, 4.69) is 4.74 Å². The first-order chi connectivity index (χ1) is 5.50. The summed E-state index contributed by atoms with van der Waals surface area (Å²) in [5, 5.41) is 0. The minimum Gasteiger partial charge on any atom is -0.375 e. The monoisotopic (exact) mass is 189 g/mol. The Morgan fingerprint density at radius 3 is 2.33 bits per heavy atom. The molecule has 0 aliphatic carbocycles. The molecule has 0 heterocycles. The van der Waals surface area contributed by atoms with E-state index in [0.717, 1.165) is 0 Å². The van der Waals surface area contributed by atoms with Crippen molar-refractivity contribution >= 4 is 0 Å². The van der Waals surface area contributed by atoms with Gasteiger partial charge in [-0.1, -0.05) is 0 Å². The Balaban J connectivity index is 3.47. The largest absolute Gasteiger partial charge is 0.375 e. The van der Waals surface area contributed by atoms with Crippen molar-refractivity contribution < 1.29 is 22.3 Å². The first kappa shape index (κ1) is 11.6. The Kier molecular flexibility index (Phi) is 5.16. The summed E-state index contributed by atoms with van der Waals surface area (Å²) in [7, 11) is 0. The van der Waals surface area contributed by atoms with Gasteiger partial charge in [0, 0.05) is 6.61 Å². The lowest BCUT2D eigenvalue weighted by Gasteiger charge is -2.14. The van der Waals surface area contributed by atoms with Gasteiger partial charge < -0.3 is 10.5 Å². The van der Waals surface area contributed by atoms with Crippen molar-refractivity contribution in [3.63, 3.8) is 0 Å². The summed E-state index contributed by atoms with van der Waals surface area (Å²) in [4.78, 5) is 0. The van der Waals surface area contributed by atoms with Crippen LogP contribution >= 0.6 is 0 Å². The van der Waals surface area contributed by atoms with E-state index in [1.807, 2.05) is 0 Å². The fourth-order valence-electron chi connectivity index (χ4n) is 0.457. The van der Waals surface area contributed by atoms with Gasteiger partial charge in [0.2, 0.25) is 0 Å². The second kappa shape index (κ2) is 5.31. The van der Waals surface area contributed by atoms with E-state index in [1.165, 1.54) is 0 Å². The molecule has 0 aliphatic rings. The van der Waals surface area contributed by atoms with Crippen LogP contribution in [0.2, 0.25) is 0 Å². The van der Waals surface area contributed by atoms with Crippen LogP contribution in [-0.2, 0) is 4.74 Å². The van der Waals surface area contributed by atoms with Crippen LogP contribution in [0.15, 0.2) is 0 Å². The van der Waals surface area contributed by atoms with Gasteiger partial charge in [0.05, 0.1) is 0 Å². The van der Waals surface area contributed by atoms with Crippen molar-refractivity contribution in [3.05, 3.63) is 0 Å². The van der Waals surface area contributed by atoms with Gasteiger partial charge in [-0.2, -0.15) is 8.78 Å². The molecule has 0 rings (SSSR count).